The van der Waals surface area contributed by atoms with Crippen LogP contribution in [-0.4, -0.2) is 35.9 Å². The zero-order chi connectivity index (χ0) is 21.4. The van der Waals surface area contributed by atoms with Gasteiger partial charge >= 0.3 is 0 Å². The fraction of sp³-hybridized carbons (Fsp3) is 0.0909. The summed E-state index contributed by atoms with van der Waals surface area (Å²) in [5, 5.41) is 19.4. The predicted octanol–water partition coefficient (Wildman–Crippen LogP) is 3.71. The number of amides is 1. The van der Waals surface area contributed by atoms with Crippen LogP contribution in [0, 0.1) is 13.8 Å². The molecule has 1 amide bonds. The molecule has 2 aromatic carbocycles. The summed E-state index contributed by atoms with van der Waals surface area (Å²) >= 11 is 0. The number of aromatic nitrogens is 6. The third-order valence-corrected chi connectivity index (χ3v) is 4.79. The van der Waals surface area contributed by atoms with Gasteiger partial charge in [-0.15, -0.1) is 10.2 Å². The fourth-order valence-corrected chi connectivity index (χ4v) is 3.16. The number of fused-ring (bicyclic) bond motifs is 1. The standard InChI is InChI=1S/C22H17N7O2/c1-13-25-26-20-12-11-19(27-29(13)20)15-7-9-18(10-8-15)24-22(30)17-5-3-16(4-6-17)21-23-14(2)31-28-21/h3-12H,1-2H3,(H,24,30). The van der Waals surface area contributed by atoms with E-state index in [0.717, 1.165) is 22.6 Å². The van der Waals surface area contributed by atoms with Crippen LogP contribution in [0.5, 0.6) is 0 Å². The highest BCUT2D eigenvalue weighted by molar-refractivity contribution is 6.04. The molecular formula is C22H17N7O2. The van der Waals surface area contributed by atoms with Crippen molar-refractivity contribution in [3.8, 4) is 22.6 Å². The van der Waals surface area contributed by atoms with E-state index in [9.17, 15) is 4.79 Å². The minimum atomic E-state index is -0.205. The van der Waals surface area contributed by atoms with Crippen molar-refractivity contribution in [2.24, 2.45) is 0 Å². The van der Waals surface area contributed by atoms with Gasteiger partial charge in [0, 0.05) is 29.3 Å². The Bertz CT molecular complexity index is 1390. The molecule has 9 nitrogen and oxygen atoms in total. The molecule has 1 N–H and O–H groups in total. The van der Waals surface area contributed by atoms with Gasteiger partial charge in [0.15, 0.2) is 11.5 Å². The lowest BCUT2D eigenvalue weighted by Gasteiger charge is -2.07. The van der Waals surface area contributed by atoms with Crippen LogP contribution >= 0.6 is 0 Å². The van der Waals surface area contributed by atoms with Crippen molar-refractivity contribution in [1.82, 2.24) is 30.0 Å². The molecule has 0 aliphatic carbocycles. The maximum Gasteiger partial charge on any atom is 0.255 e. The van der Waals surface area contributed by atoms with Gasteiger partial charge in [-0.25, -0.2) is 0 Å². The molecule has 31 heavy (non-hydrogen) atoms. The van der Waals surface area contributed by atoms with E-state index in [1.54, 1.807) is 35.7 Å². The Morgan fingerprint density at radius 3 is 2.35 bits per heavy atom. The lowest BCUT2D eigenvalue weighted by Crippen LogP contribution is -2.11. The zero-order valence-electron chi connectivity index (χ0n) is 16.8. The number of hydrogen-bond acceptors (Lipinski definition) is 7. The summed E-state index contributed by atoms with van der Waals surface area (Å²) in [6, 6.07) is 18.3. The van der Waals surface area contributed by atoms with Gasteiger partial charge in [0.05, 0.1) is 5.69 Å². The number of hydrogen-bond donors (Lipinski definition) is 1. The normalized spacial score (nSPS) is 11.0. The van der Waals surface area contributed by atoms with Crippen molar-refractivity contribution in [2.75, 3.05) is 5.32 Å². The van der Waals surface area contributed by atoms with Crippen LogP contribution in [0.4, 0.5) is 5.69 Å². The van der Waals surface area contributed by atoms with Crippen LogP contribution in [-0.2, 0) is 0 Å². The summed E-state index contributed by atoms with van der Waals surface area (Å²) in [5.74, 6) is 1.50. The molecule has 5 rings (SSSR count). The predicted molar refractivity (Wildman–Crippen MR) is 113 cm³/mol. The lowest BCUT2D eigenvalue weighted by atomic mass is 10.1. The number of rotatable bonds is 4. The summed E-state index contributed by atoms with van der Waals surface area (Å²) in [7, 11) is 0. The molecule has 0 bridgehead atoms. The summed E-state index contributed by atoms with van der Waals surface area (Å²) in [5.41, 5.74) is 4.42. The van der Waals surface area contributed by atoms with Crippen molar-refractivity contribution in [1.29, 1.82) is 0 Å². The lowest BCUT2D eigenvalue weighted by molar-refractivity contribution is 0.102. The van der Waals surface area contributed by atoms with Gasteiger partial charge in [-0.2, -0.15) is 14.6 Å². The molecule has 3 aromatic heterocycles. The maximum absolute atomic E-state index is 12.6. The van der Waals surface area contributed by atoms with Crippen LogP contribution in [0.1, 0.15) is 22.1 Å². The topological polar surface area (TPSA) is 111 Å². The Balaban J connectivity index is 1.30. The third kappa shape index (κ3) is 3.64. The number of aryl methyl sites for hydroxylation is 2. The Labute approximate surface area is 176 Å². The van der Waals surface area contributed by atoms with Gasteiger partial charge in [-0.1, -0.05) is 29.4 Å². The van der Waals surface area contributed by atoms with Crippen LogP contribution < -0.4 is 5.32 Å². The average molecular weight is 411 g/mol. The minimum absolute atomic E-state index is 0.205. The summed E-state index contributed by atoms with van der Waals surface area (Å²) < 4.78 is 6.69. The zero-order valence-corrected chi connectivity index (χ0v) is 16.8. The van der Waals surface area contributed by atoms with Crippen molar-refractivity contribution in [3.05, 3.63) is 77.9 Å². The molecule has 0 aliphatic rings. The number of nitrogens with one attached hydrogen (secondary N) is 1. The number of nitrogens with zero attached hydrogens (tertiary/aromatic N) is 6. The molecule has 0 atom stereocenters. The molecule has 0 unspecified atom stereocenters. The van der Waals surface area contributed by atoms with E-state index in [2.05, 4.69) is 30.8 Å². The Morgan fingerprint density at radius 1 is 0.903 bits per heavy atom. The summed E-state index contributed by atoms with van der Waals surface area (Å²) in [6.45, 7) is 3.58. The quantitative estimate of drug-likeness (QED) is 0.480. The molecule has 0 saturated heterocycles. The number of benzene rings is 2. The molecule has 0 spiro atoms. The second kappa shape index (κ2) is 7.45. The number of anilines is 1. The molecule has 152 valence electrons. The van der Waals surface area contributed by atoms with Gasteiger partial charge in [0.1, 0.15) is 0 Å². The van der Waals surface area contributed by atoms with E-state index >= 15 is 0 Å². The number of carbonyl (C=O) groups is 1. The summed E-state index contributed by atoms with van der Waals surface area (Å²) in [6.07, 6.45) is 0. The highest BCUT2D eigenvalue weighted by Crippen LogP contribution is 2.21. The Morgan fingerprint density at radius 2 is 1.65 bits per heavy atom. The molecule has 0 saturated carbocycles. The van der Waals surface area contributed by atoms with Crippen LogP contribution in [0.2, 0.25) is 0 Å². The largest absolute Gasteiger partial charge is 0.339 e. The molecule has 0 aliphatic heterocycles. The van der Waals surface area contributed by atoms with Crippen molar-refractivity contribution in [2.45, 2.75) is 13.8 Å². The van der Waals surface area contributed by atoms with E-state index in [1.807, 2.05) is 43.3 Å². The third-order valence-electron chi connectivity index (χ3n) is 4.79. The molecule has 0 radical (unpaired) electrons. The highest BCUT2D eigenvalue weighted by atomic mass is 16.5. The molecule has 3 heterocycles. The first-order chi connectivity index (χ1) is 15.1. The van der Waals surface area contributed by atoms with Gasteiger partial charge in [-0.3, -0.25) is 4.79 Å². The van der Waals surface area contributed by atoms with Gasteiger partial charge in [0.2, 0.25) is 11.7 Å². The van der Waals surface area contributed by atoms with Gasteiger partial charge in [-0.05, 0) is 43.3 Å². The average Bonchev–Trinajstić information content (AvgIpc) is 3.40. The molecule has 5 aromatic rings. The van der Waals surface area contributed by atoms with Crippen molar-refractivity contribution in [3.63, 3.8) is 0 Å². The van der Waals surface area contributed by atoms with E-state index in [-0.39, 0.29) is 5.91 Å². The Hall–Kier alpha value is -4.40. The van der Waals surface area contributed by atoms with Crippen LogP contribution in [0.15, 0.2) is 65.2 Å². The van der Waals surface area contributed by atoms with E-state index in [1.165, 1.54) is 0 Å². The second-order valence-electron chi connectivity index (χ2n) is 6.98. The van der Waals surface area contributed by atoms with E-state index in [0.29, 0.717) is 28.6 Å². The second-order valence-corrected chi connectivity index (χ2v) is 6.98. The summed E-state index contributed by atoms with van der Waals surface area (Å²) in [4.78, 5) is 16.8. The van der Waals surface area contributed by atoms with Gasteiger partial charge in [0.25, 0.3) is 5.91 Å². The first-order valence-corrected chi connectivity index (χ1v) is 9.58. The highest BCUT2D eigenvalue weighted by Gasteiger charge is 2.10. The van der Waals surface area contributed by atoms with E-state index in [4.69, 9.17) is 4.52 Å². The van der Waals surface area contributed by atoms with Gasteiger partial charge < -0.3 is 9.84 Å². The molecular weight excluding hydrogens is 394 g/mol. The Kier molecular flexibility index (Phi) is 4.47. The fourth-order valence-electron chi connectivity index (χ4n) is 3.16. The minimum Gasteiger partial charge on any atom is -0.339 e. The molecule has 0 fully saturated rings. The van der Waals surface area contributed by atoms with Crippen LogP contribution in [0.3, 0.4) is 0 Å². The number of carbonyl (C=O) groups excluding carboxylic acids is 1. The van der Waals surface area contributed by atoms with E-state index < -0.39 is 0 Å². The SMILES string of the molecule is Cc1nc(-c2ccc(C(=O)Nc3ccc(-c4ccc5nnc(C)n5n4)cc3)cc2)no1. The molecule has 9 heteroatoms. The first kappa shape index (κ1) is 18.6. The van der Waals surface area contributed by atoms with Crippen molar-refractivity contribution >= 4 is 17.2 Å². The first-order valence-electron chi connectivity index (χ1n) is 9.58. The van der Waals surface area contributed by atoms with Crippen molar-refractivity contribution < 1.29 is 9.32 Å². The smallest absolute Gasteiger partial charge is 0.255 e. The monoisotopic (exact) mass is 411 g/mol. The maximum atomic E-state index is 12.6. The van der Waals surface area contributed by atoms with Crippen LogP contribution in [0.25, 0.3) is 28.3 Å².